The normalized spacial score (nSPS) is 12.7. The predicted molar refractivity (Wildman–Crippen MR) is 139 cm³/mol. The van der Waals surface area contributed by atoms with Crippen molar-refractivity contribution in [2.75, 3.05) is 6.61 Å². The first-order chi connectivity index (χ1) is 15.6. The summed E-state index contributed by atoms with van der Waals surface area (Å²) in [5.74, 6) is 0.618. The number of hydrogen-bond donors (Lipinski definition) is 2. The number of nitrogens with two attached hydrogens (primary N) is 1. The smallest absolute Gasteiger partial charge is 0.303 e. The van der Waals surface area contributed by atoms with Crippen LogP contribution in [0.15, 0.2) is 29.2 Å². The molecule has 2 rings (SSSR count). The zero-order chi connectivity index (χ0) is 24.6. The zero-order valence-electron chi connectivity index (χ0n) is 21.2. The number of ether oxygens (including phenoxy) is 1. The largest absolute Gasteiger partial charge is 0.494 e. The molecule has 0 amide bonds. The van der Waals surface area contributed by atoms with E-state index in [1.807, 2.05) is 0 Å². The van der Waals surface area contributed by atoms with E-state index in [0.717, 1.165) is 34.9 Å². The van der Waals surface area contributed by atoms with E-state index < -0.39 is 5.97 Å². The van der Waals surface area contributed by atoms with Crippen LogP contribution < -0.4 is 9.88 Å². The number of carbonyl (C=O) groups is 1. The maximum absolute atomic E-state index is 10.8. The van der Waals surface area contributed by atoms with Crippen molar-refractivity contribution >= 4 is 17.9 Å². The van der Waals surface area contributed by atoms with Gasteiger partial charge in [-0.25, -0.2) is 0 Å². The molecule has 0 bridgehead atoms. The van der Waals surface area contributed by atoms with Gasteiger partial charge in [0.15, 0.2) is 0 Å². The number of carboxylic acids is 1. The van der Waals surface area contributed by atoms with Gasteiger partial charge in [0.1, 0.15) is 5.75 Å². The molecule has 0 spiro atoms. The minimum absolute atomic E-state index is 0.0415. The first kappa shape index (κ1) is 27.3. The Labute approximate surface area is 204 Å². The van der Waals surface area contributed by atoms with Crippen molar-refractivity contribution in [3.63, 3.8) is 0 Å². The van der Waals surface area contributed by atoms with Gasteiger partial charge in [0.25, 0.3) is 0 Å². The Morgan fingerprint density at radius 3 is 2.48 bits per heavy atom. The third-order valence-electron chi connectivity index (χ3n) is 6.30. The lowest BCUT2D eigenvalue weighted by atomic mass is 9.85. The summed E-state index contributed by atoms with van der Waals surface area (Å²) in [6.07, 6.45) is 5.45. The van der Waals surface area contributed by atoms with E-state index in [9.17, 15) is 4.79 Å². The summed E-state index contributed by atoms with van der Waals surface area (Å²) in [4.78, 5) is 11.9. The highest BCUT2D eigenvalue weighted by Crippen LogP contribution is 2.36. The highest BCUT2D eigenvalue weighted by atomic mass is 32.2. The summed E-state index contributed by atoms with van der Waals surface area (Å²) in [7, 11) is 0. The first-order valence-electron chi connectivity index (χ1n) is 12.2. The Bertz CT molecular complexity index is 915. The van der Waals surface area contributed by atoms with Crippen LogP contribution in [0.25, 0.3) is 11.3 Å². The quantitative estimate of drug-likeness (QED) is 0.237. The van der Waals surface area contributed by atoms with Crippen LogP contribution in [-0.4, -0.2) is 22.2 Å². The third kappa shape index (κ3) is 7.82. The number of carboxylic acid groups (broad SMARTS) is 1. The van der Waals surface area contributed by atoms with E-state index in [1.165, 1.54) is 42.5 Å². The van der Waals surface area contributed by atoms with Crippen molar-refractivity contribution in [2.24, 2.45) is 11.1 Å². The Morgan fingerprint density at radius 2 is 1.91 bits per heavy atom. The van der Waals surface area contributed by atoms with Crippen LogP contribution in [0, 0.1) is 12.8 Å². The molecule has 1 heterocycles. The van der Waals surface area contributed by atoms with E-state index >= 15 is 0 Å². The number of benzene rings is 1. The maximum atomic E-state index is 10.8. The molecule has 0 saturated carbocycles. The molecule has 0 aliphatic rings. The van der Waals surface area contributed by atoms with E-state index in [0.29, 0.717) is 18.9 Å². The minimum atomic E-state index is -0.795. The van der Waals surface area contributed by atoms with Crippen molar-refractivity contribution in [1.82, 2.24) is 4.57 Å². The standard InChI is InChI=1S/C27H42N2O3S/c1-7-9-11-20(8-2)18-29-19(3)25(33-28)17-24(29)21-14-22(27(4,5)6)16-23(15-21)32-13-10-12-26(30)31/h14-17,20H,7-13,18,28H2,1-6H3,(H,30,31). The second-order valence-electron chi connectivity index (χ2n) is 9.97. The molecule has 184 valence electrons. The van der Waals surface area contributed by atoms with Crippen molar-refractivity contribution < 1.29 is 14.6 Å². The molecule has 1 aromatic carbocycles. The lowest BCUT2D eigenvalue weighted by molar-refractivity contribution is -0.137. The molecule has 0 fully saturated rings. The van der Waals surface area contributed by atoms with Crippen molar-refractivity contribution in [1.29, 1.82) is 0 Å². The molecule has 0 saturated heterocycles. The fourth-order valence-electron chi connectivity index (χ4n) is 4.07. The van der Waals surface area contributed by atoms with Crippen molar-refractivity contribution in [3.8, 4) is 17.0 Å². The number of unbranched alkanes of at least 4 members (excludes halogenated alkanes) is 1. The molecule has 5 nitrogen and oxygen atoms in total. The molecule has 33 heavy (non-hydrogen) atoms. The van der Waals surface area contributed by atoms with Crippen LogP contribution in [0.4, 0.5) is 0 Å². The summed E-state index contributed by atoms with van der Waals surface area (Å²) < 4.78 is 8.44. The number of rotatable bonds is 13. The number of nitrogens with zero attached hydrogens (tertiary/aromatic N) is 1. The van der Waals surface area contributed by atoms with Gasteiger partial charge in [-0.1, -0.05) is 53.9 Å². The Kier molecular flexibility index (Phi) is 10.4. The molecule has 0 aliphatic carbocycles. The van der Waals surface area contributed by atoms with Gasteiger partial charge in [0.05, 0.1) is 6.61 Å². The summed E-state index contributed by atoms with van der Waals surface area (Å²) in [5.41, 5.74) is 4.64. The molecule has 3 N–H and O–H groups in total. The van der Waals surface area contributed by atoms with Gasteiger partial charge in [-0.3, -0.25) is 9.93 Å². The van der Waals surface area contributed by atoms with Gasteiger partial charge >= 0.3 is 5.97 Å². The second kappa shape index (κ2) is 12.5. The molecule has 2 aromatic rings. The molecule has 1 aromatic heterocycles. The average Bonchev–Trinajstić information content (AvgIpc) is 3.08. The number of aromatic nitrogens is 1. The third-order valence-corrected chi connectivity index (χ3v) is 6.97. The highest BCUT2D eigenvalue weighted by Gasteiger charge is 2.21. The van der Waals surface area contributed by atoms with Crippen LogP contribution >= 0.6 is 11.9 Å². The average molecular weight is 475 g/mol. The summed E-state index contributed by atoms with van der Waals surface area (Å²) in [5, 5.41) is 14.9. The SMILES string of the molecule is CCCCC(CC)Cn1c(-c2cc(OCCCC(=O)O)cc(C(C)(C)C)c2)cc(SN)c1C. The van der Waals surface area contributed by atoms with E-state index in [2.05, 4.69) is 70.4 Å². The van der Waals surface area contributed by atoms with Crippen LogP contribution in [0.3, 0.4) is 0 Å². The fourth-order valence-corrected chi connectivity index (χ4v) is 4.53. The van der Waals surface area contributed by atoms with Gasteiger partial charge in [-0.05, 0) is 72.9 Å². The van der Waals surface area contributed by atoms with E-state index in [1.54, 1.807) is 0 Å². The molecular formula is C27H42N2O3S. The highest BCUT2D eigenvalue weighted by molar-refractivity contribution is 7.97. The molecule has 1 unspecified atom stereocenters. The lowest BCUT2D eigenvalue weighted by Gasteiger charge is -2.23. The van der Waals surface area contributed by atoms with Crippen molar-refractivity contribution in [2.45, 2.75) is 96.9 Å². The minimum Gasteiger partial charge on any atom is -0.494 e. The lowest BCUT2D eigenvalue weighted by Crippen LogP contribution is -2.14. The Balaban J connectivity index is 2.48. The monoisotopic (exact) mass is 474 g/mol. The molecule has 6 heteroatoms. The predicted octanol–water partition coefficient (Wildman–Crippen LogP) is 7.19. The number of aliphatic carboxylic acids is 1. The van der Waals surface area contributed by atoms with Crippen molar-refractivity contribution in [3.05, 3.63) is 35.5 Å². The van der Waals surface area contributed by atoms with Gasteiger partial charge < -0.3 is 14.4 Å². The van der Waals surface area contributed by atoms with Gasteiger partial charge in [0.2, 0.25) is 0 Å². The Morgan fingerprint density at radius 1 is 1.18 bits per heavy atom. The molecule has 0 aliphatic heterocycles. The zero-order valence-corrected chi connectivity index (χ0v) is 22.1. The molecular weight excluding hydrogens is 432 g/mol. The van der Waals surface area contributed by atoms with Gasteiger partial charge in [0, 0.05) is 34.8 Å². The van der Waals surface area contributed by atoms with Gasteiger partial charge in [-0.15, -0.1) is 0 Å². The fraction of sp³-hybridized carbons (Fsp3) is 0.593. The number of hydrogen-bond acceptors (Lipinski definition) is 4. The maximum Gasteiger partial charge on any atom is 0.303 e. The second-order valence-corrected chi connectivity index (χ2v) is 10.6. The van der Waals surface area contributed by atoms with Crippen LogP contribution in [0.5, 0.6) is 5.75 Å². The molecule has 0 radical (unpaired) electrons. The Hall–Kier alpha value is -1.92. The van der Waals surface area contributed by atoms with Crippen LogP contribution in [0.2, 0.25) is 0 Å². The van der Waals surface area contributed by atoms with Crippen LogP contribution in [-0.2, 0) is 16.8 Å². The van der Waals surface area contributed by atoms with Crippen LogP contribution in [0.1, 0.15) is 84.4 Å². The van der Waals surface area contributed by atoms with Gasteiger partial charge in [-0.2, -0.15) is 0 Å². The molecule has 1 atom stereocenters. The van der Waals surface area contributed by atoms with E-state index in [-0.39, 0.29) is 11.8 Å². The topological polar surface area (TPSA) is 77.5 Å². The summed E-state index contributed by atoms with van der Waals surface area (Å²) >= 11 is 1.30. The van der Waals surface area contributed by atoms with E-state index in [4.69, 9.17) is 15.0 Å². The summed E-state index contributed by atoms with van der Waals surface area (Å²) in [6, 6.07) is 8.62. The first-order valence-corrected chi connectivity index (χ1v) is 13.1. The summed E-state index contributed by atoms with van der Waals surface area (Å²) in [6.45, 7) is 14.6.